The maximum atomic E-state index is 12.9. The molecule has 0 saturated carbocycles. The fourth-order valence-corrected chi connectivity index (χ4v) is 2.74. The van der Waals surface area contributed by atoms with Gasteiger partial charge in [0.25, 0.3) is 0 Å². The molecule has 0 spiro atoms. The lowest BCUT2D eigenvalue weighted by molar-refractivity contribution is 0.277. The quantitative estimate of drug-likeness (QED) is 0.682. The summed E-state index contributed by atoms with van der Waals surface area (Å²) in [6, 6.07) is 9.53. The third kappa shape index (κ3) is 4.92. The molecule has 1 fully saturated rings. The second kappa shape index (κ2) is 7.96. The van der Waals surface area contributed by atoms with Gasteiger partial charge in [-0.2, -0.15) is 0 Å². The van der Waals surface area contributed by atoms with Crippen molar-refractivity contribution in [3.63, 3.8) is 0 Å². The first-order chi connectivity index (χ1) is 12.1. The molecule has 1 aromatic carbocycles. The number of hydrogen-bond acceptors (Lipinski definition) is 3. The van der Waals surface area contributed by atoms with Gasteiger partial charge in [0.15, 0.2) is 5.96 Å². The summed E-state index contributed by atoms with van der Waals surface area (Å²) < 4.78 is 18.6. The molecule has 0 atom stereocenters. The molecule has 132 valence electrons. The standard InChI is InChI=1S/C19H23FN4O/c1-14-7-10-24(11-8-14)19(21)23-13-15-6-9-22-18(12-15)25-17-4-2-16(20)3-5-17/h2-6,9,12,14H,7-8,10-11,13H2,1H3,(H2,21,23). The number of benzene rings is 1. The monoisotopic (exact) mass is 342 g/mol. The lowest BCUT2D eigenvalue weighted by Crippen LogP contribution is -2.42. The van der Waals surface area contributed by atoms with Crippen molar-refractivity contribution >= 4 is 5.96 Å². The van der Waals surface area contributed by atoms with Gasteiger partial charge in [-0.05, 0) is 54.7 Å². The van der Waals surface area contributed by atoms with Crippen molar-refractivity contribution in [2.75, 3.05) is 13.1 Å². The number of hydrogen-bond donors (Lipinski definition) is 1. The maximum absolute atomic E-state index is 12.9. The van der Waals surface area contributed by atoms with Crippen molar-refractivity contribution in [3.05, 3.63) is 54.0 Å². The average Bonchev–Trinajstić information content (AvgIpc) is 2.63. The number of piperidine rings is 1. The number of pyridine rings is 1. The minimum absolute atomic E-state index is 0.300. The van der Waals surface area contributed by atoms with Gasteiger partial charge in [-0.1, -0.05) is 6.92 Å². The van der Waals surface area contributed by atoms with E-state index >= 15 is 0 Å². The summed E-state index contributed by atoms with van der Waals surface area (Å²) in [5.41, 5.74) is 7.07. The van der Waals surface area contributed by atoms with Crippen LogP contribution in [0.2, 0.25) is 0 Å². The molecule has 0 radical (unpaired) electrons. The van der Waals surface area contributed by atoms with Crippen LogP contribution in [0.15, 0.2) is 47.6 Å². The van der Waals surface area contributed by atoms with Crippen molar-refractivity contribution < 1.29 is 9.13 Å². The number of rotatable bonds is 4. The molecule has 1 aliphatic heterocycles. The van der Waals surface area contributed by atoms with Crippen LogP contribution in [0.4, 0.5) is 4.39 Å². The molecule has 2 aromatic rings. The normalized spacial score (nSPS) is 16.1. The molecule has 1 aromatic heterocycles. The van der Waals surface area contributed by atoms with E-state index in [0.717, 1.165) is 37.4 Å². The van der Waals surface area contributed by atoms with Crippen LogP contribution in [0.3, 0.4) is 0 Å². The first-order valence-corrected chi connectivity index (χ1v) is 8.53. The SMILES string of the molecule is CC1CCN(C(N)=NCc2ccnc(Oc3ccc(F)cc3)c2)CC1. The van der Waals surface area contributed by atoms with Gasteiger partial charge >= 0.3 is 0 Å². The number of aliphatic imine (C=N–C) groups is 1. The molecule has 1 saturated heterocycles. The van der Waals surface area contributed by atoms with Gasteiger partial charge in [0.2, 0.25) is 5.88 Å². The van der Waals surface area contributed by atoms with Crippen molar-refractivity contribution in [2.45, 2.75) is 26.3 Å². The minimum atomic E-state index is -0.300. The van der Waals surface area contributed by atoms with Crippen LogP contribution in [0.25, 0.3) is 0 Å². The first kappa shape index (κ1) is 17.2. The van der Waals surface area contributed by atoms with Crippen LogP contribution in [0.1, 0.15) is 25.3 Å². The van der Waals surface area contributed by atoms with Gasteiger partial charge in [-0.15, -0.1) is 0 Å². The molecule has 5 nitrogen and oxygen atoms in total. The van der Waals surface area contributed by atoms with E-state index in [1.165, 1.54) is 12.1 Å². The van der Waals surface area contributed by atoms with Crippen molar-refractivity contribution in [2.24, 2.45) is 16.6 Å². The molecule has 25 heavy (non-hydrogen) atoms. The molecule has 6 heteroatoms. The highest BCUT2D eigenvalue weighted by molar-refractivity contribution is 5.78. The Morgan fingerprint density at radius 2 is 2.00 bits per heavy atom. The Morgan fingerprint density at radius 3 is 2.72 bits per heavy atom. The Labute approximate surface area is 147 Å². The van der Waals surface area contributed by atoms with Gasteiger partial charge in [0.1, 0.15) is 11.6 Å². The van der Waals surface area contributed by atoms with E-state index in [1.54, 1.807) is 18.3 Å². The predicted octanol–water partition coefficient (Wildman–Crippen LogP) is 3.56. The summed E-state index contributed by atoms with van der Waals surface area (Å²) in [6.07, 6.45) is 3.98. The molecule has 1 aliphatic rings. The van der Waals surface area contributed by atoms with Crippen LogP contribution in [-0.4, -0.2) is 28.9 Å². The van der Waals surface area contributed by atoms with E-state index in [9.17, 15) is 4.39 Å². The Morgan fingerprint density at radius 1 is 1.28 bits per heavy atom. The van der Waals surface area contributed by atoms with Crippen molar-refractivity contribution in [1.29, 1.82) is 0 Å². The molecule has 0 unspecified atom stereocenters. The number of aromatic nitrogens is 1. The van der Waals surface area contributed by atoms with E-state index in [2.05, 4.69) is 21.8 Å². The summed E-state index contributed by atoms with van der Waals surface area (Å²) in [5, 5.41) is 0. The van der Waals surface area contributed by atoms with Crippen LogP contribution in [0, 0.1) is 11.7 Å². The zero-order chi connectivity index (χ0) is 17.6. The van der Waals surface area contributed by atoms with Crippen LogP contribution in [-0.2, 0) is 6.54 Å². The number of nitrogens with zero attached hydrogens (tertiary/aromatic N) is 3. The molecule has 2 heterocycles. The summed E-state index contributed by atoms with van der Waals surface area (Å²) in [5.74, 6) is 2.03. The first-order valence-electron chi connectivity index (χ1n) is 8.53. The van der Waals surface area contributed by atoms with E-state index in [-0.39, 0.29) is 5.82 Å². The number of guanidine groups is 1. The summed E-state index contributed by atoms with van der Waals surface area (Å²) in [7, 11) is 0. The molecule has 0 aliphatic carbocycles. The third-order valence-electron chi connectivity index (χ3n) is 4.37. The number of likely N-dealkylation sites (tertiary alicyclic amines) is 1. The highest BCUT2D eigenvalue weighted by Crippen LogP contribution is 2.21. The van der Waals surface area contributed by atoms with Crippen molar-refractivity contribution in [1.82, 2.24) is 9.88 Å². The molecule has 3 rings (SSSR count). The van der Waals surface area contributed by atoms with Crippen LogP contribution >= 0.6 is 0 Å². The molecule has 2 N–H and O–H groups in total. The smallest absolute Gasteiger partial charge is 0.219 e. The van der Waals surface area contributed by atoms with Gasteiger partial charge in [-0.25, -0.2) is 14.4 Å². The topological polar surface area (TPSA) is 63.7 Å². The summed E-state index contributed by atoms with van der Waals surface area (Å²) in [4.78, 5) is 10.8. The average molecular weight is 342 g/mol. The molecular formula is C19H23FN4O. The molecular weight excluding hydrogens is 319 g/mol. The molecule has 0 amide bonds. The van der Waals surface area contributed by atoms with E-state index < -0.39 is 0 Å². The van der Waals surface area contributed by atoms with Crippen LogP contribution in [0.5, 0.6) is 11.6 Å². The lowest BCUT2D eigenvalue weighted by atomic mass is 10.00. The van der Waals surface area contributed by atoms with Crippen LogP contribution < -0.4 is 10.5 Å². The van der Waals surface area contributed by atoms with Gasteiger partial charge in [0.05, 0.1) is 6.54 Å². The van der Waals surface area contributed by atoms with Crippen molar-refractivity contribution in [3.8, 4) is 11.6 Å². The van der Waals surface area contributed by atoms with Gasteiger partial charge in [0, 0.05) is 25.4 Å². The second-order valence-electron chi connectivity index (χ2n) is 6.40. The Balaban J connectivity index is 1.61. The minimum Gasteiger partial charge on any atom is -0.439 e. The van der Waals surface area contributed by atoms with E-state index in [0.29, 0.717) is 24.1 Å². The maximum Gasteiger partial charge on any atom is 0.219 e. The summed E-state index contributed by atoms with van der Waals surface area (Å²) in [6.45, 7) is 4.67. The third-order valence-corrected chi connectivity index (χ3v) is 4.37. The molecule has 0 bridgehead atoms. The highest BCUT2D eigenvalue weighted by atomic mass is 19.1. The fraction of sp³-hybridized carbons (Fsp3) is 0.368. The van der Waals surface area contributed by atoms with E-state index in [1.807, 2.05) is 12.1 Å². The zero-order valence-electron chi connectivity index (χ0n) is 14.4. The fourth-order valence-electron chi connectivity index (χ4n) is 2.74. The second-order valence-corrected chi connectivity index (χ2v) is 6.40. The Kier molecular flexibility index (Phi) is 5.48. The largest absolute Gasteiger partial charge is 0.439 e. The Bertz CT molecular complexity index is 724. The highest BCUT2D eigenvalue weighted by Gasteiger charge is 2.16. The number of halogens is 1. The lowest BCUT2D eigenvalue weighted by Gasteiger charge is -2.31. The number of ether oxygens (including phenoxy) is 1. The van der Waals surface area contributed by atoms with E-state index in [4.69, 9.17) is 10.5 Å². The zero-order valence-corrected chi connectivity index (χ0v) is 14.4. The van der Waals surface area contributed by atoms with Gasteiger partial charge < -0.3 is 15.4 Å². The summed E-state index contributed by atoms with van der Waals surface area (Å²) >= 11 is 0. The Hall–Kier alpha value is -2.63. The number of nitrogens with two attached hydrogens (primary N) is 1. The predicted molar refractivity (Wildman–Crippen MR) is 96.0 cm³/mol. The van der Waals surface area contributed by atoms with Gasteiger partial charge in [-0.3, -0.25) is 0 Å².